The van der Waals surface area contributed by atoms with Gasteiger partial charge < -0.3 is 10.4 Å². The molecule has 2 aromatic rings. The average molecular weight is 245 g/mol. The molecular formula is C13H11NO2S. The van der Waals surface area contributed by atoms with Crippen LogP contribution in [0.4, 0.5) is 5.69 Å². The number of para-hydroxylation sites is 1. The van der Waals surface area contributed by atoms with E-state index in [0.29, 0.717) is 10.5 Å². The molecule has 2 N–H and O–H groups in total. The number of rotatable bonds is 2. The topological polar surface area (TPSA) is 49.3 Å². The van der Waals surface area contributed by atoms with Gasteiger partial charge in [-0.15, -0.1) is 12.6 Å². The number of nitrogens with one attached hydrogen (secondary N) is 1. The summed E-state index contributed by atoms with van der Waals surface area (Å²) in [6.45, 7) is 0. The molecule has 0 saturated carbocycles. The van der Waals surface area contributed by atoms with Gasteiger partial charge in [-0.05, 0) is 30.3 Å². The first-order chi connectivity index (χ1) is 8.16. The molecule has 1 amide bonds. The van der Waals surface area contributed by atoms with E-state index >= 15 is 0 Å². The van der Waals surface area contributed by atoms with Crippen LogP contribution in [0.2, 0.25) is 0 Å². The molecule has 0 aliphatic rings. The third-order valence-corrected chi connectivity index (χ3v) is 2.63. The van der Waals surface area contributed by atoms with E-state index in [4.69, 9.17) is 0 Å². The molecule has 0 radical (unpaired) electrons. The lowest BCUT2D eigenvalue weighted by Gasteiger charge is -2.07. The Labute approximate surface area is 105 Å². The number of carbonyl (C=O) groups excluding carboxylic acids is 1. The molecule has 0 fully saturated rings. The maximum Gasteiger partial charge on any atom is 0.256 e. The van der Waals surface area contributed by atoms with Crippen LogP contribution in [0.5, 0.6) is 5.75 Å². The van der Waals surface area contributed by atoms with Gasteiger partial charge in [0.25, 0.3) is 5.91 Å². The van der Waals surface area contributed by atoms with Gasteiger partial charge in [0.1, 0.15) is 5.75 Å². The summed E-state index contributed by atoms with van der Waals surface area (Å²) >= 11 is 4.15. The number of aromatic hydroxyl groups is 1. The lowest BCUT2D eigenvalue weighted by atomic mass is 10.2. The summed E-state index contributed by atoms with van der Waals surface area (Å²) in [7, 11) is 0. The predicted molar refractivity (Wildman–Crippen MR) is 69.8 cm³/mol. The standard InChI is InChI=1S/C13H11NO2S/c15-10-6-7-11(12(17)8-10)13(16)14-9-4-2-1-3-5-9/h1-8,15,17H,(H,14,16). The number of amides is 1. The van der Waals surface area contributed by atoms with Crippen molar-refractivity contribution < 1.29 is 9.90 Å². The monoisotopic (exact) mass is 245 g/mol. The SMILES string of the molecule is O=C(Nc1ccccc1)c1ccc(O)cc1S. The van der Waals surface area contributed by atoms with E-state index in [0.717, 1.165) is 5.69 Å². The fourth-order valence-electron chi connectivity index (χ4n) is 1.43. The van der Waals surface area contributed by atoms with Gasteiger partial charge in [-0.1, -0.05) is 18.2 Å². The van der Waals surface area contributed by atoms with Gasteiger partial charge in [-0.3, -0.25) is 4.79 Å². The summed E-state index contributed by atoms with van der Waals surface area (Å²) in [4.78, 5) is 12.3. The summed E-state index contributed by atoms with van der Waals surface area (Å²) < 4.78 is 0. The summed E-state index contributed by atoms with van der Waals surface area (Å²) in [5.74, 6) is -0.160. The van der Waals surface area contributed by atoms with Gasteiger partial charge in [0, 0.05) is 10.6 Å². The van der Waals surface area contributed by atoms with Crippen molar-refractivity contribution in [3.8, 4) is 5.75 Å². The zero-order chi connectivity index (χ0) is 12.3. The Kier molecular flexibility index (Phi) is 3.35. The minimum Gasteiger partial charge on any atom is -0.508 e. The number of benzene rings is 2. The molecule has 0 atom stereocenters. The van der Waals surface area contributed by atoms with Gasteiger partial charge in [0.15, 0.2) is 0 Å². The van der Waals surface area contributed by atoms with E-state index < -0.39 is 0 Å². The third-order valence-electron chi connectivity index (χ3n) is 2.26. The summed E-state index contributed by atoms with van der Waals surface area (Å²) in [5.41, 5.74) is 1.15. The zero-order valence-electron chi connectivity index (χ0n) is 8.92. The quantitative estimate of drug-likeness (QED) is 0.712. The highest BCUT2D eigenvalue weighted by Crippen LogP contribution is 2.21. The normalized spacial score (nSPS) is 9.94. The summed E-state index contributed by atoms with van der Waals surface area (Å²) in [5, 5.41) is 12.0. The highest BCUT2D eigenvalue weighted by molar-refractivity contribution is 7.80. The second-order valence-corrected chi connectivity index (χ2v) is 4.00. The Morgan fingerprint density at radius 2 is 1.82 bits per heavy atom. The van der Waals surface area contributed by atoms with Crippen LogP contribution in [-0.4, -0.2) is 11.0 Å². The molecule has 0 aliphatic heterocycles. The van der Waals surface area contributed by atoms with Gasteiger partial charge >= 0.3 is 0 Å². The molecular weight excluding hydrogens is 234 g/mol. The molecule has 4 heteroatoms. The van der Waals surface area contributed by atoms with Crippen LogP contribution in [0.3, 0.4) is 0 Å². The maximum atomic E-state index is 11.9. The van der Waals surface area contributed by atoms with E-state index in [1.807, 2.05) is 18.2 Å². The molecule has 0 aromatic heterocycles. The fraction of sp³-hybridized carbons (Fsp3) is 0. The Morgan fingerprint density at radius 1 is 1.12 bits per heavy atom. The minimum absolute atomic E-state index is 0.0891. The largest absolute Gasteiger partial charge is 0.508 e. The molecule has 0 aliphatic carbocycles. The van der Waals surface area contributed by atoms with Crippen molar-refractivity contribution in [3.63, 3.8) is 0 Å². The van der Waals surface area contributed by atoms with Gasteiger partial charge in [0.2, 0.25) is 0 Å². The van der Waals surface area contributed by atoms with Crippen molar-refractivity contribution in [1.82, 2.24) is 0 Å². The Hall–Kier alpha value is -1.94. The third kappa shape index (κ3) is 2.79. The van der Waals surface area contributed by atoms with Crippen molar-refractivity contribution in [2.75, 3.05) is 5.32 Å². The number of hydrogen-bond donors (Lipinski definition) is 3. The number of phenols is 1. The number of anilines is 1. The van der Waals surface area contributed by atoms with E-state index in [1.165, 1.54) is 18.2 Å². The fourth-order valence-corrected chi connectivity index (χ4v) is 1.74. The number of carbonyl (C=O) groups is 1. The molecule has 2 rings (SSSR count). The lowest BCUT2D eigenvalue weighted by Crippen LogP contribution is -2.12. The lowest BCUT2D eigenvalue weighted by molar-refractivity contribution is 0.102. The highest BCUT2D eigenvalue weighted by Gasteiger charge is 2.09. The van der Waals surface area contributed by atoms with E-state index in [9.17, 15) is 9.90 Å². The molecule has 0 spiro atoms. The highest BCUT2D eigenvalue weighted by atomic mass is 32.1. The van der Waals surface area contributed by atoms with E-state index in [1.54, 1.807) is 12.1 Å². The molecule has 17 heavy (non-hydrogen) atoms. The predicted octanol–water partition coefficient (Wildman–Crippen LogP) is 2.93. The van der Waals surface area contributed by atoms with Crippen molar-refractivity contribution in [2.24, 2.45) is 0 Å². The second-order valence-electron chi connectivity index (χ2n) is 3.52. The van der Waals surface area contributed by atoms with Crippen molar-refractivity contribution in [3.05, 3.63) is 54.1 Å². The van der Waals surface area contributed by atoms with Gasteiger partial charge in [-0.25, -0.2) is 0 Å². The van der Waals surface area contributed by atoms with Crippen molar-refractivity contribution in [1.29, 1.82) is 0 Å². The van der Waals surface area contributed by atoms with E-state index in [-0.39, 0.29) is 11.7 Å². The molecule has 3 nitrogen and oxygen atoms in total. The second kappa shape index (κ2) is 4.93. The maximum absolute atomic E-state index is 11.9. The van der Waals surface area contributed by atoms with Crippen LogP contribution >= 0.6 is 12.6 Å². The number of hydrogen-bond acceptors (Lipinski definition) is 3. The van der Waals surface area contributed by atoms with Crippen LogP contribution in [-0.2, 0) is 0 Å². The van der Waals surface area contributed by atoms with Crippen molar-refractivity contribution >= 4 is 24.2 Å². The molecule has 2 aromatic carbocycles. The zero-order valence-corrected chi connectivity index (χ0v) is 9.82. The number of phenolic OH excluding ortho intramolecular Hbond substituents is 1. The summed E-state index contributed by atoms with van der Waals surface area (Å²) in [6, 6.07) is 13.6. The smallest absolute Gasteiger partial charge is 0.256 e. The van der Waals surface area contributed by atoms with E-state index in [2.05, 4.69) is 17.9 Å². The van der Waals surface area contributed by atoms with Crippen LogP contribution < -0.4 is 5.32 Å². The summed E-state index contributed by atoms with van der Waals surface area (Å²) in [6.07, 6.45) is 0. The van der Waals surface area contributed by atoms with Crippen LogP contribution in [0, 0.1) is 0 Å². The Balaban J connectivity index is 2.21. The van der Waals surface area contributed by atoms with Crippen molar-refractivity contribution in [2.45, 2.75) is 4.90 Å². The van der Waals surface area contributed by atoms with Crippen LogP contribution in [0.1, 0.15) is 10.4 Å². The molecule has 86 valence electrons. The van der Waals surface area contributed by atoms with Crippen LogP contribution in [0.15, 0.2) is 53.4 Å². The number of thiol groups is 1. The average Bonchev–Trinajstić information content (AvgIpc) is 2.30. The van der Waals surface area contributed by atoms with Gasteiger partial charge in [0.05, 0.1) is 5.56 Å². The Bertz CT molecular complexity index is 540. The van der Waals surface area contributed by atoms with Gasteiger partial charge in [-0.2, -0.15) is 0 Å². The Morgan fingerprint density at radius 3 is 2.47 bits per heavy atom. The molecule has 0 saturated heterocycles. The first-order valence-corrected chi connectivity index (χ1v) is 5.50. The first kappa shape index (κ1) is 11.5. The molecule has 0 bridgehead atoms. The van der Waals surface area contributed by atoms with Crippen LogP contribution in [0.25, 0.3) is 0 Å². The molecule has 0 unspecified atom stereocenters. The molecule has 0 heterocycles. The minimum atomic E-state index is -0.249. The first-order valence-electron chi connectivity index (χ1n) is 5.05.